The van der Waals surface area contributed by atoms with Crippen LogP contribution in [0.3, 0.4) is 0 Å². The van der Waals surface area contributed by atoms with Crippen LogP contribution in [-0.2, 0) is 36.9 Å². The Morgan fingerprint density at radius 2 is 1.05 bits per heavy atom. The molecule has 0 heterocycles. The Bertz CT molecular complexity index is 946. The van der Waals surface area contributed by atoms with Crippen molar-refractivity contribution in [2.45, 2.75) is 49.8 Å². The summed E-state index contributed by atoms with van der Waals surface area (Å²) in [6.07, 6.45) is 0.464. The van der Waals surface area contributed by atoms with Gasteiger partial charge in [0.15, 0.2) is 0 Å². The molecule has 0 radical (unpaired) electrons. The lowest BCUT2D eigenvalue weighted by Crippen LogP contribution is -2.67. The van der Waals surface area contributed by atoms with Gasteiger partial charge in [-0.1, -0.05) is 60.7 Å². The van der Waals surface area contributed by atoms with Gasteiger partial charge in [-0.3, -0.25) is 0 Å². The molecule has 0 amide bonds. The molecule has 2 aromatic carbocycles. The fourth-order valence-corrected chi connectivity index (χ4v) is 4.31. The van der Waals surface area contributed by atoms with Crippen LogP contribution < -0.4 is 4.74 Å². The van der Waals surface area contributed by atoms with Crippen LogP contribution in [0.15, 0.2) is 92.6 Å². The Balaban J connectivity index is 1.89. The minimum atomic E-state index is -1.06. The Morgan fingerprint density at radius 1 is 0.622 bits per heavy atom. The molecule has 37 heavy (non-hydrogen) atoms. The average Bonchev–Trinajstić information content (AvgIpc) is 2.94. The summed E-state index contributed by atoms with van der Waals surface area (Å²) in [6, 6.07) is 17.4. The second-order valence-corrected chi connectivity index (χ2v) is 8.64. The number of ether oxygens (including phenoxy) is 6. The topological polar surface area (TPSA) is 75.6 Å². The Kier molecular flexibility index (Phi) is 12.0. The average molecular weight is 511 g/mol. The number of hydrogen-bond acceptors (Lipinski definition) is 7. The predicted molar refractivity (Wildman–Crippen MR) is 142 cm³/mol. The number of rotatable bonds is 16. The maximum atomic E-state index is 11.5. The van der Waals surface area contributed by atoms with Crippen LogP contribution in [-0.4, -0.2) is 68.7 Å². The molecule has 1 fully saturated rings. The van der Waals surface area contributed by atoms with E-state index in [0.717, 1.165) is 16.9 Å². The summed E-state index contributed by atoms with van der Waals surface area (Å²) < 4.78 is 36.3. The van der Waals surface area contributed by atoms with Crippen molar-refractivity contribution in [3.05, 3.63) is 104 Å². The normalized spacial score (nSPS) is 25.4. The van der Waals surface area contributed by atoms with Crippen LogP contribution in [0.5, 0.6) is 5.75 Å². The summed E-state index contributed by atoms with van der Waals surface area (Å²) in [7, 11) is 1.62. The van der Waals surface area contributed by atoms with Gasteiger partial charge in [-0.2, -0.15) is 0 Å². The standard InChI is InChI=1S/C30H38O7/c1-5-17-33-26-25(31)27(36-21-23-13-15-24(32-4)16-14-23)28(34-18-6-2)30(35-19-7-3)29(26)37-20-22-11-9-8-10-12-22/h5-16,25-31H,1-3,17-21H2,4H3/t25-,26+,27-,28+,29-,30-/m1/s1. The lowest BCUT2D eigenvalue weighted by Gasteiger charge is -2.48. The molecule has 2 aromatic rings. The summed E-state index contributed by atoms with van der Waals surface area (Å²) in [5.74, 6) is 0.753. The molecule has 1 N–H and O–H groups in total. The van der Waals surface area contributed by atoms with Gasteiger partial charge in [0, 0.05) is 0 Å². The fraction of sp³-hybridized carbons (Fsp3) is 0.400. The molecule has 6 atom stereocenters. The number of aliphatic hydroxyl groups is 1. The highest BCUT2D eigenvalue weighted by atomic mass is 16.6. The largest absolute Gasteiger partial charge is 0.497 e. The molecule has 1 aliphatic rings. The quantitative estimate of drug-likeness (QED) is 0.338. The SMILES string of the molecule is C=CCO[C@@H]1[C@@H](OCC=C)[C@H](OCc2ccc(OC)cc2)[C@H](O)[C@H](OCC=C)[C@H]1OCc1ccccc1. The second kappa shape index (κ2) is 15.5. The monoisotopic (exact) mass is 510 g/mol. The molecule has 0 unspecified atom stereocenters. The molecule has 200 valence electrons. The molecule has 0 saturated heterocycles. The van der Waals surface area contributed by atoms with Crippen molar-refractivity contribution in [3.63, 3.8) is 0 Å². The van der Waals surface area contributed by atoms with E-state index in [2.05, 4.69) is 19.7 Å². The molecule has 7 nitrogen and oxygen atoms in total. The van der Waals surface area contributed by atoms with E-state index in [9.17, 15) is 5.11 Å². The van der Waals surface area contributed by atoms with E-state index < -0.39 is 36.6 Å². The van der Waals surface area contributed by atoms with Crippen LogP contribution in [0.25, 0.3) is 0 Å². The third kappa shape index (κ3) is 8.10. The van der Waals surface area contributed by atoms with Gasteiger partial charge in [0.2, 0.25) is 0 Å². The van der Waals surface area contributed by atoms with Crippen molar-refractivity contribution in [2.75, 3.05) is 26.9 Å². The van der Waals surface area contributed by atoms with Crippen LogP contribution >= 0.6 is 0 Å². The maximum Gasteiger partial charge on any atom is 0.118 e. The zero-order valence-electron chi connectivity index (χ0n) is 21.4. The molecule has 0 bridgehead atoms. The molecule has 1 aliphatic carbocycles. The number of hydrogen-bond donors (Lipinski definition) is 1. The predicted octanol–water partition coefficient (Wildman–Crippen LogP) is 4.25. The van der Waals surface area contributed by atoms with Crippen molar-refractivity contribution < 1.29 is 33.5 Å². The minimum Gasteiger partial charge on any atom is -0.497 e. The summed E-state index contributed by atoms with van der Waals surface area (Å²) in [4.78, 5) is 0. The maximum absolute atomic E-state index is 11.5. The second-order valence-electron chi connectivity index (χ2n) is 8.64. The smallest absolute Gasteiger partial charge is 0.118 e. The van der Waals surface area contributed by atoms with Gasteiger partial charge in [-0.25, -0.2) is 0 Å². The third-order valence-electron chi connectivity index (χ3n) is 6.07. The number of methoxy groups -OCH3 is 1. The number of benzene rings is 2. The molecule has 0 aliphatic heterocycles. The van der Waals surface area contributed by atoms with E-state index in [1.807, 2.05) is 54.6 Å². The lowest BCUT2D eigenvalue weighted by atomic mass is 9.83. The van der Waals surface area contributed by atoms with E-state index in [1.165, 1.54) is 0 Å². The van der Waals surface area contributed by atoms with Gasteiger partial charge < -0.3 is 33.5 Å². The van der Waals surface area contributed by atoms with Gasteiger partial charge >= 0.3 is 0 Å². The molecule has 0 spiro atoms. The molecule has 3 rings (SSSR count). The molecule has 1 saturated carbocycles. The zero-order chi connectivity index (χ0) is 26.5. The van der Waals surface area contributed by atoms with E-state index in [-0.39, 0.29) is 26.4 Å². The molecular weight excluding hydrogens is 472 g/mol. The van der Waals surface area contributed by atoms with Gasteiger partial charge in [0.1, 0.15) is 42.4 Å². The molecular formula is C30H38O7. The highest BCUT2D eigenvalue weighted by Gasteiger charge is 2.53. The first-order valence-electron chi connectivity index (χ1n) is 12.4. The third-order valence-corrected chi connectivity index (χ3v) is 6.07. The van der Waals surface area contributed by atoms with Crippen LogP contribution in [0, 0.1) is 0 Å². The van der Waals surface area contributed by atoms with Crippen LogP contribution in [0.1, 0.15) is 11.1 Å². The highest BCUT2D eigenvalue weighted by molar-refractivity contribution is 5.26. The molecule has 0 aromatic heterocycles. The first kappa shape index (κ1) is 28.8. The first-order chi connectivity index (χ1) is 18.1. The van der Waals surface area contributed by atoms with Crippen LogP contribution in [0.4, 0.5) is 0 Å². The fourth-order valence-electron chi connectivity index (χ4n) is 4.31. The van der Waals surface area contributed by atoms with Gasteiger partial charge in [-0.15, -0.1) is 19.7 Å². The van der Waals surface area contributed by atoms with E-state index >= 15 is 0 Å². The Hall–Kier alpha value is -2.78. The van der Waals surface area contributed by atoms with E-state index in [0.29, 0.717) is 6.61 Å². The van der Waals surface area contributed by atoms with Crippen molar-refractivity contribution in [3.8, 4) is 5.75 Å². The Labute approximate surface area is 219 Å². The number of aliphatic hydroxyl groups excluding tert-OH is 1. The summed E-state index contributed by atoms with van der Waals surface area (Å²) >= 11 is 0. The molecule has 7 heteroatoms. The highest BCUT2D eigenvalue weighted by Crippen LogP contribution is 2.33. The van der Waals surface area contributed by atoms with Crippen molar-refractivity contribution in [2.24, 2.45) is 0 Å². The Morgan fingerprint density at radius 3 is 1.59 bits per heavy atom. The lowest BCUT2D eigenvalue weighted by molar-refractivity contribution is -0.273. The van der Waals surface area contributed by atoms with E-state index in [4.69, 9.17) is 28.4 Å². The first-order valence-corrected chi connectivity index (χ1v) is 12.4. The summed E-state index contributed by atoms with van der Waals surface area (Å²) in [6.45, 7) is 12.6. The van der Waals surface area contributed by atoms with Crippen molar-refractivity contribution >= 4 is 0 Å². The van der Waals surface area contributed by atoms with Gasteiger partial charge in [-0.05, 0) is 23.3 Å². The van der Waals surface area contributed by atoms with E-state index in [1.54, 1.807) is 25.3 Å². The van der Waals surface area contributed by atoms with Crippen molar-refractivity contribution in [1.29, 1.82) is 0 Å². The van der Waals surface area contributed by atoms with Crippen molar-refractivity contribution in [1.82, 2.24) is 0 Å². The van der Waals surface area contributed by atoms with Gasteiger partial charge in [0.05, 0.1) is 40.1 Å². The summed E-state index contributed by atoms with van der Waals surface area (Å²) in [5, 5.41) is 11.5. The van der Waals surface area contributed by atoms with Crippen LogP contribution in [0.2, 0.25) is 0 Å². The van der Waals surface area contributed by atoms with Gasteiger partial charge in [0.25, 0.3) is 0 Å². The zero-order valence-corrected chi connectivity index (χ0v) is 21.4. The summed E-state index contributed by atoms with van der Waals surface area (Å²) in [5.41, 5.74) is 1.91. The minimum absolute atomic E-state index is 0.227.